The molecule has 0 amide bonds. The van der Waals surface area contributed by atoms with Crippen LogP contribution in [0.2, 0.25) is 0 Å². The fourth-order valence-corrected chi connectivity index (χ4v) is 5.89. The van der Waals surface area contributed by atoms with Crippen LogP contribution in [0.5, 0.6) is 17.2 Å². The first-order valence-corrected chi connectivity index (χ1v) is 12.5. The minimum atomic E-state index is -4.10. The number of hydrogen-bond acceptors (Lipinski definition) is 4. The molecule has 0 N–H and O–H groups in total. The molecule has 4 rings (SSSR count). The maximum atomic E-state index is 14.1. The molecule has 0 aliphatic carbocycles. The summed E-state index contributed by atoms with van der Waals surface area (Å²) in [5.74, 6) is 1.65. The first-order chi connectivity index (χ1) is 16.0. The van der Waals surface area contributed by atoms with Gasteiger partial charge in [-0.2, -0.15) is 0 Å². The van der Waals surface area contributed by atoms with E-state index >= 15 is 0 Å². The van der Waals surface area contributed by atoms with E-state index in [9.17, 15) is 4.79 Å². The molecule has 0 unspecified atom stereocenters. The molecular formula is C28H27O4P. The molecule has 0 saturated heterocycles. The van der Waals surface area contributed by atoms with E-state index < -0.39 is 7.94 Å². The summed E-state index contributed by atoms with van der Waals surface area (Å²) < 4.78 is 19.5. The summed E-state index contributed by atoms with van der Waals surface area (Å²) in [6.07, 6.45) is 0. The third-order valence-corrected chi connectivity index (χ3v) is 7.64. The van der Waals surface area contributed by atoms with Gasteiger partial charge in [-0.1, -0.05) is 0 Å². The zero-order valence-corrected chi connectivity index (χ0v) is 19.9. The molecule has 33 heavy (non-hydrogen) atoms. The van der Waals surface area contributed by atoms with Crippen molar-refractivity contribution >= 4 is 13.5 Å². The Morgan fingerprint density at radius 1 is 0.515 bits per heavy atom. The number of carbonyl (C=O) groups excluding carboxylic acids is 1. The Morgan fingerprint density at radius 2 is 0.848 bits per heavy atom. The Bertz CT molecular complexity index is 1140. The second kappa shape index (κ2) is 9.89. The van der Waals surface area contributed by atoms with E-state index in [2.05, 4.69) is 0 Å². The molecule has 5 heteroatoms. The van der Waals surface area contributed by atoms with Gasteiger partial charge in [0.15, 0.2) is 0 Å². The van der Waals surface area contributed by atoms with Crippen LogP contribution in [0.15, 0.2) is 103 Å². The van der Waals surface area contributed by atoms with Crippen molar-refractivity contribution < 1.29 is 18.4 Å². The number of aryl methyl sites for hydroxylation is 3. The van der Waals surface area contributed by atoms with E-state index in [0.717, 1.165) is 16.7 Å². The average Bonchev–Trinajstić information content (AvgIpc) is 2.83. The van der Waals surface area contributed by atoms with Crippen LogP contribution in [0.4, 0.5) is 0 Å². The standard InChI is InChI=1S/C28H27O4P/c1-21-13-7-10-18-25(21)30-33(28(29)24-16-5-4-6-17-24,31-26-19-11-8-14-22(26)2)32-27-20-12-9-15-23(27)3/h4-20,33H,1-3H3. The van der Waals surface area contributed by atoms with Gasteiger partial charge in [0.05, 0.1) is 0 Å². The van der Waals surface area contributed by atoms with Crippen molar-refractivity contribution in [3.8, 4) is 17.2 Å². The van der Waals surface area contributed by atoms with Crippen LogP contribution in [0.3, 0.4) is 0 Å². The van der Waals surface area contributed by atoms with Gasteiger partial charge in [-0.15, -0.1) is 0 Å². The molecule has 0 spiro atoms. The number of hydrogen-bond donors (Lipinski definition) is 0. The number of carbonyl (C=O) groups is 1. The van der Waals surface area contributed by atoms with E-state index in [-0.39, 0.29) is 5.52 Å². The van der Waals surface area contributed by atoms with Gasteiger partial charge in [0.2, 0.25) is 0 Å². The topological polar surface area (TPSA) is 44.8 Å². The van der Waals surface area contributed by atoms with Gasteiger partial charge >= 0.3 is 195 Å². The monoisotopic (exact) mass is 458 g/mol. The molecule has 4 nitrogen and oxygen atoms in total. The van der Waals surface area contributed by atoms with Crippen molar-refractivity contribution in [2.45, 2.75) is 20.8 Å². The fraction of sp³-hybridized carbons (Fsp3) is 0.107. The Labute approximate surface area is 195 Å². The summed E-state index contributed by atoms with van der Waals surface area (Å²) in [5, 5.41) is 0. The maximum absolute atomic E-state index is 14.1. The second-order valence-electron chi connectivity index (χ2n) is 7.85. The van der Waals surface area contributed by atoms with Crippen molar-refractivity contribution in [2.24, 2.45) is 0 Å². The summed E-state index contributed by atoms with van der Waals surface area (Å²) in [6.45, 7) is 5.80. The molecule has 168 valence electrons. The van der Waals surface area contributed by atoms with Crippen molar-refractivity contribution in [3.63, 3.8) is 0 Å². The Hall–Kier alpha value is -3.62. The van der Waals surface area contributed by atoms with E-state index in [1.165, 1.54) is 0 Å². The van der Waals surface area contributed by atoms with Crippen LogP contribution in [0.25, 0.3) is 0 Å². The molecule has 0 atom stereocenters. The normalized spacial score (nSPS) is 11.5. The van der Waals surface area contributed by atoms with Crippen molar-refractivity contribution in [1.82, 2.24) is 0 Å². The summed E-state index contributed by atoms with van der Waals surface area (Å²) in [7, 11) is -4.10. The Kier molecular flexibility index (Phi) is 6.76. The average molecular weight is 458 g/mol. The molecule has 4 aromatic rings. The molecular weight excluding hydrogens is 431 g/mol. The summed E-state index contributed by atoms with van der Waals surface area (Å²) in [6, 6.07) is 31.7. The van der Waals surface area contributed by atoms with Crippen molar-refractivity contribution in [1.29, 1.82) is 0 Å². The summed E-state index contributed by atoms with van der Waals surface area (Å²) in [4.78, 5) is 14.1. The van der Waals surface area contributed by atoms with Crippen LogP contribution in [-0.4, -0.2) is 5.52 Å². The van der Waals surface area contributed by atoms with Crippen LogP contribution < -0.4 is 13.6 Å². The fourth-order valence-electron chi connectivity index (χ4n) is 3.41. The molecule has 0 bridgehead atoms. The third-order valence-electron chi connectivity index (χ3n) is 5.33. The third kappa shape index (κ3) is 5.08. The van der Waals surface area contributed by atoms with Crippen LogP contribution >= 0.6 is 7.94 Å². The number of para-hydroxylation sites is 3. The predicted molar refractivity (Wildman–Crippen MR) is 135 cm³/mol. The molecule has 4 aromatic carbocycles. The molecule has 0 aliphatic heterocycles. The SMILES string of the molecule is Cc1ccccc1O[PH](Oc1ccccc1C)(Oc1ccccc1C)C(=O)c1ccccc1. The van der Waals surface area contributed by atoms with Gasteiger partial charge in [0.25, 0.3) is 0 Å². The van der Waals surface area contributed by atoms with Gasteiger partial charge in [-0.3, -0.25) is 0 Å². The van der Waals surface area contributed by atoms with Gasteiger partial charge in [0, 0.05) is 0 Å². The van der Waals surface area contributed by atoms with E-state index in [0.29, 0.717) is 22.8 Å². The van der Waals surface area contributed by atoms with Gasteiger partial charge in [-0.25, -0.2) is 0 Å². The zero-order chi connectivity index (χ0) is 23.3. The minimum absolute atomic E-state index is 0.308. The Morgan fingerprint density at radius 3 is 1.21 bits per heavy atom. The number of benzene rings is 4. The number of rotatable bonds is 8. The predicted octanol–water partition coefficient (Wildman–Crippen LogP) is 7.48. The first kappa shape index (κ1) is 22.6. The molecule has 0 aliphatic rings. The van der Waals surface area contributed by atoms with Gasteiger partial charge < -0.3 is 0 Å². The van der Waals surface area contributed by atoms with Crippen molar-refractivity contribution in [3.05, 3.63) is 125 Å². The summed E-state index contributed by atoms with van der Waals surface area (Å²) >= 11 is 0. The van der Waals surface area contributed by atoms with Crippen LogP contribution in [0.1, 0.15) is 27.0 Å². The van der Waals surface area contributed by atoms with Crippen LogP contribution in [0, 0.1) is 20.8 Å². The quantitative estimate of drug-likeness (QED) is 0.257. The van der Waals surface area contributed by atoms with Crippen molar-refractivity contribution in [2.75, 3.05) is 0 Å². The van der Waals surface area contributed by atoms with E-state index in [4.69, 9.17) is 13.6 Å². The molecule has 0 aromatic heterocycles. The second-order valence-corrected chi connectivity index (χ2v) is 10.0. The zero-order valence-electron chi connectivity index (χ0n) is 18.9. The van der Waals surface area contributed by atoms with Crippen LogP contribution in [-0.2, 0) is 0 Å². The molecule has 0 heterocycles. The molecule has 0 radical (unpaired) electrons. The van der Waals surface area contributed by atoms with Gasteiger partial charge in [0.1, 0.15) is 0 Å². The first-order valence-electron chi connectivity index (χ1n) is 10.8. The van der Waals surface area contributed by atoms with E-state index in [1.807, 2.05) is 112 Å². The molecule has 0 fully saturated rings. The van der Waals surface area contributed by atoms with Gasteiger partial charge in [-0.05, 0) is 0 Å². The Balaban J connectivity index is 1.90. The summed E-state index contributed by atoms with van der Waals surface area (Å²) in [5.41, 5.74) is 2.82. The molecule has 0 saturated carbocycles. The van der Waals surface area contributed by atoms with E-state index in [1.54, 1.807) is 12.1 Å².